The van der Waals surface area contributed by atoms with Crippen molar-refractivity contribution in [2.75, 3.05) is 5.73 Å². The van der Waals surface area contributed by atoms with Gasteiger partial charge in [0.05, 0.1) is 4.90 Å². The van der Waals surface area contributed by atoms with Gasteiger partial charge in [-0.05, 0) is 53.1 Å². The molecule has 0 saturated heterocycles. The summed E-state index contributed by atoms with van der Waals surface area (Å²) in [5.74, 6) is 0.434. The molecule has 0 unspecified atom stereocenters. The standard InChI is InChI=1S/C18H15N5O2S/c19-17-9-11(4-6-21-17)14-5-7-22-18-15(14)10-16(23-18)12-2-1-3-13(8-12)26(20,24)25/h1-10H,(H2,19,21)(H,22,23)(H2,20,24,25). The number of hydrogen-bond donors (Lipinski definition) is 3. The maximum Gasteiger partial charge on any atom is 0.238 e. The predicted octanol–water partition coefficient (Wildman–Crippen LogP) is 2.52. The first-order chi connectivity index (χ1) is 12.4. The van der Waals surface area contributed by atoms with Gasteiger partial charge in [0.1, 0.15) is 11.5 Å². The van der Waals surface area contributed by atoms with Gasteiger partial charge in [-0.25, -0.2) is 23.5 Å². The number of hydrogen-bond acceptors (Lipinski definition) is 5. The van der Waals surface area contributed by atoms with E-state index in [-0.39, 0.29) is 4.90 Å². The molecule has 0 amide bonds. The number of benzene rings is 1. The van der Waals surface area contributed by atoms with Gasteiger partial charge in [-0.1, -0.05) is 12.1 Å². The number of H-pyrrole nitrogens is 1. The summed E-state index contributed by atoms with van der Waals surface area (Å²) in [6, 6.07) is 13.9. The topological polar surface area (TPSA) is 128 Å². The average Bonchev–Trinajstić information content (AvgIpc) is 3.05. The van der Waals surface area contributed by atoms with Gasteiger partial charge >= 0.3 is 0 Å². The third kappa shape index (κ3) is 2.92. The number of primary sulfonamides is 1. The summed E-state index contributed by atoms with van der Waals surface area (Å²) >= 11 is 0. The van der Waals surface area contributed by atoms with E-state index in [4.69, 9.17) is 10.9 Å². The van der Waals surface area contributed by atoms with Crippen molar-refractivity contribution in [1.29, 1.82) is 0 Å². The number of aromatic nitrogens is 3. The van der Waals surface area contributed by atoms with Crippen molar-refractivity contribution in [1.82, 2.24) is 15.0 Å². The van der Waals surface area contributed by atoms with E-state index in [0.29, 0.717) is 17.0 Å². The van der Waals surface area contributed by atoms with E-state index >= 15 is 0 Å². The number of fused-ring (bicyclic) bond motifs is 1. The lowest BCUT2D eigenvalue weighted by Gasteiger charge is -2.03. The van der Waals surface area contributed by atoms with E-state index in [2.05, 4.69) is 15.0 Å². The zero-order chi connectivity index (χ0) is 18.3. The molecule has 1 aromatic carbocycles. The second kappa shape index (κ2) is 5.94. The Kier molecular flexibility index (Phi) is 3.71. The van der Waals surface area contributed by atoms with Crippen LogP contribution in [0, 0.1) is 0 Å². The number of pyridine rings is 2. The predicted molar refractivity (Wildman–Crippen MR) is 101 cm³/mol. The Bertz CT molecular complexity index is 1230. The highest BCUT2D eigenvalue weighted by atomic mass is 32.2. The number of aromatic amines is 1. The van der Waals surface area contributed by atoms with E-state index in [1.807, 2.05) is 24.3 Å². The summed E-state index contributed by atoms with van der Waals surface area (Å²) in [5.41, 5.74) is 9.80. The Hall–Kier alpha value is -3.23. The van der Waals surface area contributed by atoms with Crippen molar-refractivity contribution in [3.63, 3.8) is 0 Å². The first-order valence-corrected chi connectivity index (χ1v) is 9.29. The van der Waals surface area contributed by atoms with Crippen LogP contribution in [0.25, 0.3) is 33.4 Å². The van der Waals surface area contributed by atoms with Gasteiger partial charge in [0.25, 0.3) is 0 Å². The average molecular weight is 365 g/mol. The fourth-order valence-electron chi connectivity index (χ4n) is 2.89. The minimum absolute atomic E-state index is 0.0590. The van der Waals surface area contributed by atoms with Gasteiger partial charge in [0.2, 0.25) is 10.0 Å². The van der Waals surface area contributed by atoms with Crippen LogP contribution in [0.3, 0.4) is 0 Å². The molecule has 0 radical (unpaired) electrons. The van der Waals surface area contributed by atoms with Crippen LogP contribution in [0.2, 0.25) is 0 Å². The number of anilines is 1. The first kappa shape index (κ1) is 16.2. The summed E-state index contributed by atoms with van der Waals surface area (Å²) in [4.78, 5) is 11.7. The van der Waals surface area contributed by atoms with Crippen molar-refractivity contribution < 1.29 is 8.42 Å². The Morgan fingerprint density at radius 3 is 2.50 bits per heavy atom. The minimum Gasteiger partial charge on any atom is -0.384 e. The molecule has 5 N–H and O–H groups in total. The molecule has 0 aliphatic rings. The molecule has 0 bridgehead atoms. The molecule has 0 spiro atoms. The molecule has 3 heterocycles. The molecule has 0 aliphatic carbocycles. The van der Waals surface area contributed by atoms with Gasteiger partial charge < -0.3 is 10.7 Å². The number of nitrogen functional groups attached to an aromatic ring is 1. The summed E-state index contributed by atoms with van der Waals surface area (Å²) in [6.07, 6.45) is 3.36. The molecule has 4 aromatic rings. The molecule has 130 valence electrons. The molecule has 4 rings (SSSR count). The fraction of sp³-hybridized carbons (Fsp3) is 0. The summed E-state index contributed by atoms with van der Waals surface area (Å²) < 4.78 is 23.2. The molecule has 0 fully saturated rings. The summed E-state index contributed by atoms with van der Waals surface area (Å²) in [6.45, 7) is 0. The molecular weight excluding hydrogens is 350 g/mol. The Labute approximate surface area is 149 Å². The quantitative estimate of drug-likeness (QED) is 0.514. The lowest BCUT2D eigenvalue weighted by atomic mass is 10.0. The van der Waals surface area contributed by atoms with Gasteiger partial charge in [-0.3, -0.25) is 0 Å². The van der Waals surface area contributed by atoms with Crippen molar-refractivity contribution in [3.8, 4) is 22.4 Å². The van der Waals surface area contributed by atoms with E-state index in [1.165, 1.54) is 12.1 Å². The van der Waals surface area contributed by atoms with E-state index in [1.54, 1.807) is 24.5 Å². The largest absolute Gasteiger partial charge is 0.384 e. The van der Waals surface area contributed by atoms with E-state index in [0.717, 1.165) is 22.2 Å². The van der Waals surface area contributed by atoms with Crippen molar-refractivity contribution in [3.05, 3.63) is 60.9 Å². The monoisotopic (exact) mass is 365 g/mol. The number of sulfonamides is 1. The van der Waals surface area contributed by atoms with Crippen LogP contribution in [0.1, 0.15) is 0 Å². The second-order valence-electron chi connectivity index (χ2n) is 5.85. The van der Waals surface area contributed by atoms with E-state index in [9.17, 15) is 8.42 Å². The van der Waals surface area contributed by atoms with Gasteiger partial charge in [-0.15, -0.1) is 0 Å². The first-order valence-electron chi connectivity index (χ1n) is 7.75. The van der Waals surface area contributed by atoms with Gasteiger partial charge in [0, 0.05) is 23.5 Å². The molecule has 0 saturated carbocycles. The molecule has 0 aliphatic heterocycles. The highest BCUT2D eigenvalue weighted by molar-refractivity contribution is 7.89. The highest BCUT2D eigenvalue weighted by Crippen LogP contribution is 2.32. The van der Waals surface area contributed by atoms with E-state index < -0.39 is 10.0 Å². The molecule has 0 atom stereocenters. The van der Waals surface area contributed by atoms with Gasteiger partial charge in [0.15, 0.2) is 0 Å². The summed E-state index contributed by atoms with van der Waals surface area (Å²) in [7, 11) is -3.77. The van der Waals surface area contributed by atoms with Crippen LogP contribution in [-0.4, -0.2) is 23.4 Å². The smallest absolute Gasteiger partial charge is 0.238 e. The zero-order valence-corrected chi connectivity index (χ0v) is 14.4. The Balaban J connectivity index is 1.88. The number of nitrogens with two attached hydrogens (primary N) is 2. The Morgan fingerprint density at radius 2 is 1.73 bits per heavy atom. The van der Waals surface area contributed by atoms with Crippen LogP contribution in [0.5, 0.6) is 0 Å². The maximum absolute atomic E-state index is 11.6. The highest BCUT2D eigenvalue weighted by Gasteiger charge is 2.13. The Morgan fingerprint density at radius 1 is 0.923 bits per heavy atom. The van der Waals surface area contributed by atoms with Crippen LogP contribution >= 0.6 is 0 Å². The van der Waals surface area contributed by atoms with Crippen molar-refractivity contribution in [2.24, 2.45) is 5.14 Å². The molecule has 26 heavy (non-hydrogen) atoms. The number of nitrogens with zero attached hydrogens (tertiary/aromatic N) is 2. The van der Waals surface area contributed by atoms with Gasteiger partial charge in [-0.2, -0.15) is 0 Å². The third-order valence-electron chi connectivity index (χ3n) is 4.10. The third-order valence-corrected chi connectivity index (χ3v) is 5.01. The van der Waals surface area contributed by atoms with Crippen molar-refractivity contribution >= 4 is 26.9 Å². The lowest BCUT2D eigenvalue weighted by Crippen LogP contribution is -2.11. The SMILES string of the molecule is Nc1cc(-c2ccnc3[nH]c(-c4cccc(S(N)(=O)=O)c4)cc23)ccn1. The second-order valence-corrected chi connectivity index (χ2v) is 7.41. The molecule has 8 heteroatoms. The summed E-state index contributed by atoms with van der Waals surface area (Å²) in [5, 5.41) is 6.12. The lowest BCUT2D eigenvalue weighted by molar-refractivity contribution is 0.598. The van der Waals surface area contributed by atoms with Crippen LogP contribution in [-0.2, 0) is 10.0 Å². The molecular formula is C18H15N5O2S. The minimum atomic E-state index is -3.77. The van der Waals surface area contributed by atoms with Crippen LogP contribution in [0.15, 0.2) is 65.8 Å². The van der Waals surface area contributed by atoms with Crippen LogP contribution < -0.4 is 10.9 Å². The number of nitrogens with one attached hydrogen (secondary N) is 1. The fourth-order valence-corrected chi connectivity index (χ4v) is 3.45. The normalized spacial score (nSPS) is 11.7. The molecule has 3 aromatic heterocycles. The van der Waals surface area contributed by atoms with Crippen molar-refractivity contribution in [2.45, 2.75) is 4.90 Å². The maximum atomic E-state index is 11.6. The number of rotatable bonds is 3. The van der Waals surface area contributed by atoms with Crippen LogP contribution in [0.4, 0.5) is 5.82 Å². The molecule has 7 nitrogen and oxygen atoms in total. The zero-order valence-electron chi connectivity index (χ0n) is 13.5.